The van der Waals surface area contributed by atoms with Crippen molar-refractivity contribution in [2.24, 2.45) is 5.92 Å². The zero-order valence-electron chi connectivity index (χ0n) is 22.5. The van der Waals surface area contributed by atoms with Crippen molar-refractivity contribution in [1.82, 2.24) is 25.3 Å². The number of halogens is 1. The van der Waals surface area contributed by atoms with Crippen LogP contribution in [0.1, 0.15) is 101 Å². The zero-order valence-corrected chi connectivity index (χ0v) is 23.3. The molecule has 9 heteroatoms. The number of rotatable bonds is 8. The van der Waals surface area contributed by atoms with Crippen molar-refractivity contribution in [3.63, 3.8) is 0 Å². The van der Waals surface area contributed by atoms with Crippen molar-refractivity contribution in [2.45, 2.75) is 116 Å². The van der Waals surface area contributed by atoms with Gasteiger partial charge in [0, 0.05) is 36.9 Å². The third-order valence-electron chi connectivity index (χ3n) is 8.94. The molecular weight excluding hydrogens is 478 g/mol. The van der Waals surface area contributed by atoms with Crippen molar-refractivity contribution in [2.75, 3.05) is 19.6 Å². The predicted molar refractivity (Wildman–Crippen MR) is 143 cm³/mol. The van der Waals surface area contributed by atoms with E-state index in [0.717, 1.165) is 69.4 Å². The normalized spacial score (nSPS) is 24.9. The third kappa shape index (κ3) is 5.32. The van der Waals surface area contributed by atoms with E-state index >= 15 is 0 Å². The van der Waals surface area contributed by atoms with Crippen molar-refractivity contribution >= 4 is 24.2 Å². The Morgan fingerprint density at radius 1 is 1.11 bits per heavy atom. The number of nitrogens with zero attached hydrogens (tertiary/aromatic N) is 3. The van der Waals surface area contributed by atoms with Crippen LogP contribution in [0.5, 0.6) is 0 Å². The number of likely N-dealkylation sites (tertiary alicyclic amines) is 1. The van der Waals surface area contributed by atoms with Crippen molar-refractivity contribution in [1.29, 1.82) is 0 Å². The number of aryl methyl sites for hydroxylation is 2. The van der Waals surface area contributed by atoms with Gasteiger partial charge in [0.2, 0.25) is 11.8 Å². The van der Waals surface area contributed by atoms with Gasteiger partial charge in [-0.3, -0.25) is 19.6 Å². The maximum atomic E-state index is 13.8. The monoisotopic (exact) mass is 523 g/mol. The first-order valence-corrected chi connectivity index (χ1v) is 13.9. The van der Waals surface area contributed by atoms with Gasteiger partial charge < -0.3 is 15.3 Å². The molecule has 3 heterocycles. The summed E-state index contributed by atoms with van der Waals surface area (Å²) in [4.78, 5) is 31.8. The van der Waals surface area contributed by atoms with Gasteiger partial charge in [-0.05, 0) is 58.3 Å². The first kappa shape index (κ1) is 28.9. The lowest BCUT2D eigenvalue weighted by molar-refractivity contribution is -0.166. The molecule has 0 aromatic carbocycles. The average molecular weight is 524 g/mol. The van der Waals surface area contributed by atoms with Gasteiger partial charge in [-0.2, -0.15) is 5.10 Å². The number of carbonyl (C=O) groups is 2. The Kier molecular flexibility index (Phi) is 9.86. The Labute approximate surface area is 222 Å². The van der Waals surface area contributed by atoms with Crippen LogP contribution in [-0.4, -0.2) is 74.2 Å². The molecule has 3 N–H and O–H groups in total. The number of aromatic amines is 1. The molecule has 2 aliphatic heterocycles. The summed E-state index contributed by atoms with van der Waals surface area (Å²) in [7, 11) is 0. The minimum Gasteiger partial charge on any atom is -0.390 e. The van der Waals surface area contributed by atoms with Gasteiger partial charge in [-0.1, -0.05) is 39.5 Å². The molecule has 1 aromatic rings. The SMILES string of the molecule is CCCCN1C(=O)[C@@H]([C@H](O)C2CCCCC2)NC(=O)C12CCN(C(CC)c1c(C)n[nH]c1C)CC2.Cl. The molecule has 204 valence electrons. The fourth-order valence-corrected chi connectivity index (χ4v) is 6.86. The molecule has 1 spiro atoms. The zero-order chi connectivity index (χ0) is 25.2. The number of nitrogens with one attached hydrogen (secondary N) is 2. The number of piperazine rings is 1. The van der Waals surface area contributed by atoms with E-state index in [0.29, 0.717) is 19.4 Å². The van der Waals surface area contributed by atoms with Gasteiger partial charge in [-0.25, -0.2) is 0 Å². The number of aliphatic hydroxyl groups excluding tert-OH is 1. The molecule has 4 rings (SSSR count). The number of aromatic nitrogens is 2. The molecule has 8 nitrogen and oxygen atoms in total. The average Bonchev–Trinajstić information content (AvgIpc) is 3.21. The highest BCUT2D eigenvalue weighted by Crippen LogP contribution is 2.39. The summed E-state index contributed by atoms with van der Waals surface area (Å²) in [5.41, 5.74) is 2.57. The van der Waals surface area contributed by atoms with E-state index < -0.39 is 17.7 Å². The Bertz CT molecular complexity index is 872. The number of piperidine rings is 1. The molecule has 1 unspecified atom stereocenters. The molecule has 2 amide bonds. The Morgan fingerprint density at radius 2 is 1.78 bits per heavy atom. The maximum Gasteiger partial charge on any atom is 0.248 e. The van der Waals surface area contributed by atoms with Gasteiger partial charge in [0.25, 0.3) is 0 Å². The Balaban J connectivity index is 0.00000361. The fraction of sp³-hybridized carbons (Fsp3) is 0.815. The summed E-state index contributed by atoms with van der Waals surface area (Å²) < 4.78 is 0. The molecule has 36 heavy (non-hydrogen) atoms. The topological polar surface area (TPSA) is 102 Å². The first-order valence-electron chi connectivity index (χ1n) is 13.9. The Morgan fingerprint density at radius 3 is 2.33 bits per heavy atom. The van der Waals surface area contributed by atoms with Crippen LogP contribution in [-0.2, 0) is 9.59 Å². The number of hydrogen-bond acceptors (Lipinski definition) is 5. The largest absolute Gasteiger partial charge is 0.390 e. The highest BCUT2D eigenvalue weighted by atomic mass is 35.5. The minimum absolute atomic E-state index is 0. The van der Waals surface area contributed by atoms with Crippen molar-refractivity contribution < 1.29 is 14.7 Å². The van der Waals surface area contributed by atoms with Gasteiger partial charge in [-0.15, -0.1) is 12.4 Å². The molecule has 1 saturated carbocycles. The van der Waals surface area contributed by atoms with Crippen LogP contribution < -0.4 is 5.32 Å². The summed E-state index contributed by atoms with van der Waals surface area (Å²) in [5, 5.41) is 21.7. The molecular formula is C27H46ClN5O3. The van der Waals surface area contributed by atoms with E-state index in [9.17, 15) is 14.7 Å². The summed E-state index contributed by atoms with van der Waals surface area (Å²) in [6.07, 6.45) is 8.45. The van der Waals surface area contributed by atoms with Crippen LogP contribution in [0.25, 0.3) is 0 Å². The summed E-state index contributed by atoms with van der Waals surface area (Å²) in [6, 6.07) is -0.566. The number of H-pyrrole nitrogens is 1. The van der Waals surface area contributed by atoms with Crippen LogP contribution in [0.3, 0.4) is 0 Å². The minimum atomic E-state index is -0.815. The lowest BCUT2D eigenvalue weighted by Gasteiger charge is -2.53. The van der Waals surface area contributed by atoms with E-state index in [2.05, 4.69) is 41.2 Å². The fourth-order valence-electron chi connectivity index (χ4n) is 6.86. The van der Waals surface area contributed by atoms with Gasteiger partial charge in [0.15, 0.2) is 0 Å². The van der Waals surface area contributed by atoms with E-state index in [1.165, 1.54) is 12.0 Å². The quantitative estimate of drug-likeness (QED) is 0.481. The summed E-state index contributed by atoms with van der Waals surface area (Å²) in [5.74, 6) is -0.0664. The highest BCUT2D eigenvalue weighted by Gasteiger charge is 2.55. The molecule has 3 atom stereocenters. The van der Waals surface area contributed by atoms with Crippen LogP contribution in [0.2, 0.25) is 0 Å². The molecule has 1 aliphatic carbocycles. The number of carbonyl (C=O) groups excluding carboxylic acids is 2. The van der Waals surface area contributed by atoms with Crippen LogP contribution in [0, 0.1) is 19.8 Å². The molecule has 2 saturated heterocycles. The van der Waals surface area contributed by atoms with Gasteiger partial charge in [0.1, 0.15) is 11.6 Å². The molecule has 0 bridgehead atoms. The third-order valence-corrected chi connectivity index (χ3v) is 8.94. The molecule has 3 fully saturated rings. The lowest BCUT2D eigenvalue weighted by Crippen LogP contribution is -2.75. The second-order valence-corrected chi connectivity index (χ2v) is 11.0. The first-order chi connectivity index (χ1) is 16.8. The predicted octanol–water partition coefficient (Wildman–Crippen LogP) is 3.80. The van der Waals surface area contributed by atoms with E-state index in [1.54, 1.807) is 0 Å². The molecule has 3 aliphatic rings. The molecule has 1 aromatic heterocycles. The number of hydrogen-bond donors (Lipinski definition) is 3. The number of unbranched alkanes of at least 4 members (excludes halogenated alkanes) is 1. The lowest BCUT2D eigenvalue weighted by atomic mass is 9.77. The van der Waals surface area contributed by atoms with Gasteiger partial charge in [0.05, 0.1) is 11.8 Å². The second kappa shape index (κ2) is 12.3. The standard InChI is InChI=1S/C27H45N5O3.ClH/c1-5-7-15-32-25(34)23(24(33)20-11-9-8-10-12-20)28-26(35)27(32)13-16-31(17-14-27)21(6-2)22-18(3)29-30-19(22)4;/h20-21,23-24,33H,5-17H2,1-4H3,(H,28,35)(H,29,30);1H/t21?,23-,24-;/m1./s1. The Hall–Kier alpha value is -1.64. The summed E-state index contributed by atoms with van der Waals surface area (Å²) in [6.45, 7) is 10.5. The van der Waals surface area contributed by atoms with Crippen molar-refractivity contribution in [3.8, 4) is 0 Å². The second-order valence-electron chi connectivity index (χ2n) is 11.0. The maximum absolute atomic E-state index is 13.8. The highest BCUT2D eigenvalue weighted by molar-refractivity contribution is 6.00. The number of aliphatic hydroxyl groups is 1. The molecule has 0 radical (unpaired) electrons. The van der Waals surface area contributed by atoms with Crippen molar-refractivity contribution in [3.05, 3.63) is 17.0 Å². The van der Waals surface area contributed by atoms with E-state index in [-0.39, 0.29) is 36.2 Å². The van der Waals surface area contributed by atoms with Crippen LogP contribution in [0.4, 0.5) is 0 Å². The number of amides is 2. The smallest absolute Gasteiger partial charge is 0.248 e. The summed E-state index contributed by atoms with van der Waals surface area (Å²) >= 11 is 0. The van der Waals surface area contributed by atoms with Gasteiger partial charge >= 0.3 is 0 Å². The van der Waals surface area contributed by atoms with E-state index in [4.69, 9.17) is 0 Å². The van der Waals surface area contributed by atoms with Crippen LogP contribution in [0.15, 0.2) is 0 Å². The van der Waals surface area contributed by atoms with E-state index in [1.807, 2.05) is 11.8 Å². The van der Waals surface area contributed by atoms with Crippen LogP contribution >= 0.6 is 12.4 Å².